The van der Waals surface area contributed by atoms with Crippen molar-refractivity contribution in [3.8, 4) is 0 Å². The predicted molar refractivity (Wildman–Crippen MR) is 195 cm³/mol. The first-order valence-corrected chi connectivity index (χ1v) is 17.5. The van der Waals surface area contributed by atoms with E-state index in [1.54, 1.807) is 24.9 Å². The smallest absolute Gasteiger partial charge is 0.177 e. The number of tetrazole rings is 1. The van der Waals surface area contributed by atoms with Crippen LogP contribution >= 0.6 is 11.5 Å². The van der Waals surface area contributed by atoms with Crippen molar-refractivity contribution in [3.63, 3.8) is 0 Å². The highest BCUT2D eigenvalue weighted by Crippen LogP contribution is 2.14. The summed E-state index contributed by atoms with van der Waals surface area (Å²) in [5.74, 6) is 4.65. The molecule has 6 aromatic heterocycles. The number of hydrogen-bond donors (Lipinski definition) is 4. The first kappa shape index (κ1) is 43.4. The van der Waals surface area contributed by atoms with Gasteiger partial charge in [-0.3, -0.25) is 10.2 Å². The summed E-state index contributed by atoms with van der Waals surface area (Å²) in [6.45, 7) is 25.0. The molecular weight excluding hydrogens is 657 g/mol. The zero-order chi connectivity index (χ0) is 37.5. The highest BCUT2D eigenvalue weighted by molar-refractivity contribution is 7.03. The molecule has 0 spiro atoms. The standard InChI is InChI=1S/C6H11N3O.C6H10N2.C6H9NO.C6H9NS.C5H9N3.C4H8N4/c1-5(2)6-3-9(4-10)8-7-6;1-5(2)6-3-4-7-8-6;2*1-5(2)6-3-7-8-4-6;1-4(2)5-6-3-7-8-5;1-3(2)4-5-7-8-6-4/h3,5,10H,4H2,1-2H3;3-5H,1-2H3,(H,7,8);2*3-5H,1-2H3;3-4H,1-2H3,(H,6,7,8);3H,1-2H3,(H,5,6,7,8). The summed E-state index contributed by atoms with van der Waals surface area (Å²) < 4.78 is 10.0. The third-order valence-corrected chi connectivity index (χ3v) is 7.14. The second kappa shape index (κ2) is 24.5. The number of aromatic nitrogens is 14. The summed E-state index contributed by atoms with van der Waals surface area (Å²) in [6.07, 6.45) is 10.4. The highest BCUT2D eigenvalue weighted by atomic mass is 32.1. The van der Waals surface area contributed by atoms with E-state index >= 15 is 0 Å². The minimum absolute atomic E-state index is 0.0975. The lowest BCUT2D eigenvalue weighted by molar-refractivity contribution is 0.192. The number of hydrogen-bond acceptors (Lipinski definition) is 13. The lowest BCUT2D eigenvalue weighted by Gasteiger charge is -1.95. The SMILES string of the molecule is CC(C)c1ccn[nH]1.CC(C)c1cn(CO)nn1.CC(C)c1cnoc1.CC(C)c1cnsc1.CC(C)c1ncn[nH]1.CC(C)c1nn[nH]n1. The number of aromatic amines is 3. The molecule has 0 saturated heterocycles. The molecule has 0 aliphatic heterocycles. The molecule has 0 saturated carbocycles. The van der Waals surface area contributed by atoms with Gasteiger partial charge in [-0.1, -0.05) is 98.7 Å². The molecule has 6 aromatic rings. The molecule has 4 N–H and O–H groups in total. The van der Waals surface area contributed by atoms with E-state index in [-0.39, 0.29) is 6.73 Å². The monoisotopic (exact) mass is 712 g/mol. The number of aliphatic hydroxyl groups excluding tert-OH is 1. The lowest BCUT2D eigenvalue weighted by atomic mass is 10.1. The van der Waals surface area contributed by atoms with Crippen molar-refractivity contribution in [1.82, 2.24) is 70.5 Å². The molecule has 0 amide bonds. The van der Waals surface area contributed by atoms with Crippen LogP contribution in [0.4, 0.5) is 0 Å². The van der Waals surface area contributed by atoms with Gasteiger partial charge >= 0.3 is 0 Å². The van der Waals surface area contributed by atoms with Crippen molar-refractivity contribution >= 4 is 11.5 Å². The van der Waals surface area contributed by atoms with Crippen LogP contribution in [0.1, 0.15) is 153 Å². The van der Waals surface area contributed by atoms with E-state index < -0.39 is 0 Å². The Morgan fingerprint density at radius 3 is 1.78 bits per heavy atom. The maximum atomic E-state index is 8.59. The van der Waals surface area contributed by atoms with E-state index in [1.807, 2.05) is 40.0 Å². The fourth-order valence-electron chi connectivity index (χ4n) is 3.14. The van der Waals surface area contributed by atoms with Crippen LogP contribution in [0.15, 0.2) is 53.3 Å². The van der Waals surface area contributed by atoms with Gasteiger partial charge in [0, 0.05) is 40.9 Å². The topological polar surface area (TPSA) is 215 Å². The van der Waals surface area contributed by atoms with Crippen molar-refractivity contribution in [3.05, 3.63) is 83.0 Å². The van der Waals surface area contributed by atoms with E-state index in [4.69, 9.17) is 5.11 Å². The summed E-state index contributed by atoms with van der Waals surface area (Å²) in [4.78, 5) is 3.95. The quantitative estimate of drug-likeness (QED) is 0.129. The minimum atomic E-state index is -0.0975. The Balaban J connectivity index is 0.000000301. The van der Waals surface area contributed by atoms with Crippen molar-refractivity contribution < 1.29 is 9.63 Å². The highest BCUT2D eigenvalue weighted by Gasteiger charge is 2.03. The largest absolute Gasteiger partial charge is 0.374 e. The summed E-state index contributed by atoms with van der Waals surface area (Å²) >= 11 is 1.52. The molecule has 0 bridgehead atoms. The Morgan fingerprint density at radius 2 is 1.52 bits per heavy atom. The molecule has 17 heteroatoms. The van der Waals surface area contributed by atoms with Crippen LogP contribution < -0.4 is 0 Å². The molecule has 0 aliphatic rings. The van der Waals surface area contributed by atoms with Crippen molar-refractivity contribution in [2.24, 2.45) is 0 Å². The van der Waals surface area contributed by atoms with Crippen molar-refractivity contribution in [2.45, 2.75) is 125 Å². The van der Waals surface area contributed by atoms with Gasteiger partial charge in [-0.25, -0.2) is 14.0 Å². The van der Waals surface area contributed by atoms with E-state index in [9.17, 15) is 0 Å². The van der Waals surface area contributed by atoms with Gasteiger partial charge in [0.2, 0.25) is 0 Å². The second-order valence-electron chi connectivity index (χ2n) is 12.8. The average Bonchev–Trinajstić information content (AvgIpc) is 3.95. The Morgan fingerprint density at radius 1 is 0.800 bits per heavy atom. The number of aliphatic hydroxyl groups is 1. The average molecular weight is 713 g/mol. The summed E-state index contributed by atoms with van der Waals surface area (Å²) in [7, 11) is 0. The van der Waals surface area contributed by atoms with Gasteiger partial charge in [-0.05, 0) is 46.8 Å². The van der Waals surface area contributed by atoms with Gasteiger partial charge in [0.05, 0.1) is 18.1 Å². The molecule has 6 heterocycles. The fourth-order valence-corrected chi connectivity index (χ4v) is 3.84. The maximum Gasteiger partial charge on any atom is 0.177 e. The van der Waals surface area contributed by atoms with Gasteiger partial charge < -0.3 is 9.63 Å². The normalized spacial score (nSPS) is 10.5. The first-order chi connectivity index (χ1) is 23.8. The third-order valence-electron chi connectivity index (χ3n) is 6.53. The molecule has 0 unspecified atom stereocenters. The number of rotatable bonds is 7. The van der Waals surface area contributed by atoms with E-state index in [1.165, 1.54) is 33.8 Å². The molecule has 16 nitrogen and oxygen atoms in total. The second-order valence-corrected chi connectivity index (χ2v) is 13.5. The summed E-state index contributed by atoms with van der Waals surface area (Å²) in [5.41, 5.74) is 4.61. The molecule has 0 aliphatic carbocycles. The molecule has 50 heavy (non-hydrogen) atoms. The van der Waals surface area contributed by atoms with Crippen LogP contribution in [-0.2, 0) is 6.73 Å². The zero-order valence-corrected chi connectivity index (χ0v) is 32.3. The van der Waals surface area contributed by atoms with Gasteiger partial charge in [-0.2, -0.15) is 15.4 Å². The Bertz CT molecular complexity index is 1320. The van der Waals surface area contributed by atoms with Gasteiger partial charge in [-0.15, -0.1) is 15.3 Å². The van der Waals surface area contributed by atoms with Crippen LogP contribution in [0.25, 0.3) is 0 Å². The molecule has 276 valence electrons. The van der Waals surface area contributed by atoms with Crippen LogP contribution in [0.2, 0.25) is 0 Å². The van der Waals surface area contributed by atoms with E-state index in [2.05, 4.69) is 131 Å². The van der Waals surface area contributed by atoms with Crippen molar-refractivity contribution in [1.29, 1.82) is 0 Å². The van der Waals surface area contributed by atoms with Crippen LogP contribution in [0, 0.1) is 0 Å². The lowest BCUT2D eigenvalue weighted by Crippen LogP contribution is -1.96. The van der Waals surface area contributed by atoms with Gasteiger partial charge in [0.1, 0.15) is 25.1 Å². The van der Waals surface area contributed by atoms with Crippen molar-refractivity contribution in [2.75, 3.05) is 0 Å². The zero-order valence-electron chi connectivity index (χ0n) is 31.5. The molecule has 0 atom stereocenters. The minimum Gasteiger partial charge on any atom is -0.374 e. The Labute approximate surface area is 299 Å². The number of nitrogens with one attached hydrogen (secondary N) is 3. The molecule has 6 rings (SSSR count). The Kier molecular flexibility index (Phi) is 21.2. The molecule has 0 fully saturated rings. The number of H-pyrrole nitrogens is 3. The van der Waals surface area contributed by atoms with Crippen LogP contribution in [-0.4, -0.2) is 75.6 Å². The fraction of sp³-hybridized carbons (Fsp3) is 0.576. The summed E-state index contributed by atoms with van der Waals surface area (Å²) in [5, 5.41) is 48.3. The molecular formula is C33H56N14O2S. The van der Waals surface area contributed by atoms with E-state index in [0.717, 1.165) is 22.9 Å². The first-order valence-electron chi connectivity index (χ1n) is 16.6. The number of nitrogens with zero attached hydrogens (tertiary/aromatic N) is 11. The summed E-state index contributed by atoms with van der Waals surface area (Å²) in [6, 6.07) is 1.99. The molecule has 0 aromatic carbocycles. The Hall–Kier alpha value is -4.64. The third kappa shape index (κ3) is 18.2. The van der Waals surface area contributed by atoms with Gasteiger partial charge in [0.25, 0.3) is 0 Å². The maximum absolute atomic E-state index is 8.59. The predicted octanol–water partition coefficient (Wildman–Crippen LogP) is 7.20. The van der Waals surface area contributed by atoms with Crippen LogP contribution in [0.5, 0.6) is 0 Å². The van der Waals surface area contributed by atoms with Crippen LogP contribution in [0.3, 0.4) is 0 Å². The molecule has 0 radical (unpaired) electrons. The van der Waals surface area contributed by atoms with E-state index in [0.29, 0.717) is 35.5 Å². The van der Waals surface area contributed by atoms with Gasteiger partial charge in [0.15, 0.2) is 5.82 Å².